The van der Waals surface area contributed by atoms with Gasteiger partial charge in [0.1, 0.15) is 5.75 Å². The number of ether oxygens (including phenoxy) is 1. The monoisotopic (exact) mass is 259 g/mol. The Morgan fingerprint density at radius 2 is 1.89 bits per heavy atom. The predicted octanol–water partition coefficient (Wildman–Crippen LogP) is 3.11. The molecule has 2 rings (SSSR count). The van der Waals surface area contributed by atoms with Gasteiger partial charge in [-0.3, -0.25) is 0 Å². The molecule has 0 spiro atoms. The van der Waals surface area contributed by atoms with Crippen molar-refractivity contribution in [1.29, 1.82) is 0 Å². The van der Waals surface area contributed by atoms with Crippen LogP contribution in [0.5, 0.6) is 5.75 Å². The number of hydrogen-bond acceptors (Lipinski definition) is 2. The summed E-state index contributed by atoms with van der Waals surface area (Å²) in [5.74, 6) is -0.0748. The van der Waals surface area contributed by atoms with Gasteiger partial charge in [-0.2, -0.15) is 0 Å². The Balaban J connectivity index is 2.59. The lowest BCUT2D eigenvalue weighted by atomic mass is 10.2. The molecule has 19 heavy (non-hydrogen) atoms. The van der Waals surface area contributed by atoms with E-state index in [1.165, 1.54) is 0 Å². The number of rotatable bonds is 3. The number of hydrogen-bond donors (Lipinski definition) is 1. The van der Waals surface area contributed by atoms with Crippen molar-refractivity contribution in [3.8, 4) is 11.4 Å². The maximum absolute atomic E-state index is 11.2. The van der Waals surface area contributed by atoms with E-state index in [1.807, 2.05) is 43.5 Å². The molecule has 0 atom stereocenters. The van der Waals surface area contributed by atoms with Crippen LogP contribution in [0, 0.1) is 20.8 Å². The van der Waals surface area contributed by atoms with Gasteiger partial charge in [0.15, 0.2) is 0 Å². The molecule has 0 amide bonds. The largest absolute Gasteiger partial charge is 0.496 e. The first kappa shape index (κ1) is 13.2. The molecule has 0 aliphatic heterocycles. The van der Waals surface area contributed by atoms with Gasteiger partial charge in [0.25, 0.3) is 0 Å². The minimum absolute atomic E-state index is 0.339. The van der Waals surface area contributed by atoms with Gasteiger partial charge in [0, 0.05) is 17.1 Å². The number of aromatic carboxylic acids is 1. The summed E-state index contributed by atoms with van der Waals surface area (Å²) in [6.07, 6.45) is 0. The summed E-state index contributed by atoms with van der Waals surface area (Å²) >= 11 is 0. The van der Waals surface area contributed by atoms with Crippen LogP contribution in [-0.2, 0) is 0 Å². The Morgan fingerprint density at radius 3 is 2.37 bits per heavy atom. The van der Waals surface area contributed by atoms with Crippen molar-refractivity contribution in [2.45, 2.75) is 20.8 Å². The van der Waals surface area contributed by atoms with E-state index in [9.17, 15) is 4.79 Å². The van der Waals surface area contributed by atoms with Crippen LogP contribution < -0.4 is 4.74 Å². The first-order valence-electron chi connectivity index (χ1n) is 6.03. The molecule has 100 valence electrons. The van der Waals surface area contributed by atoms with Gasteiger partial charge in [-0.15, -0.1) is 0 Å². The average Bonchev–Trinajstić information content (AvgIpc) is 2.65. The summed E-state index contributed by atoms with van der Waals surface area (Å²) in [4.78, 5) is 11.2. The molecule has 4 heteroatoms. The number of aromatic nitrogens is 1. The smallest absolute Gasteiger partial charge is 0.337 e. The normalized spacial score (nSPS) is 10.5. The standard InChI is InChI=1S/C15H17NO3/c1-9-7-12(5-6-14(9)19-4)16-10(2)8-13(11(16)3)15(17)18/h5-8H,1-4H3,(H,17,18). The van der Waals surface area contributed by atoms with Gasteiger partial charge in [-0.1, -0.05) is 0 Å². The highest BCUT2D eigenvalue weighted by Gasteiger charge is 2.16. The van der Waals surface area contributed by atoms with Gasteiger partial charge >= 0.3 is 5.97 Å². The van der Waals surface area contributed by atoms with E-state index >= 15 is 0 Å². The minimum Gasteiger partial charge on any atom is -0.496 e. The molecule has 0 bridgehead atoms. The lowest BCUT2D eigenvalue weighted by Gasteiger charge is -2.12. The number of nitrogens with zero attached hydrogens (tertiary/aromatic N) is 1. The summed E-state index contributed by atoms with van der Waals surface area (Å²) in [6.45, 7) is 5.68. The number of carboxylic acids is 1. The third kappa shape index (κ3) is 2.21. The molecule has 0 radical (unpaired) electrons. The van der Waals surface area contributed by atoms with E-state index in [0.29, 0.717) is 5.56 Å². The zero-order valence-corrected chi connectivity index (χ0v) is 11.5. The molecule has 2 aromatic rings. The first-order chi connectivity index (χ1) is 8.95. The summed E-state index contributed by atoms with van der Waals surface area (Å²) in [5, 5.41) is 9.15. The molecule has 0 fully saturated rings. The molecule has 0 aliphatic carbocycles. The molecular weight excluding hydrogens is 242 g/mol. The van der Waals surface area contributed by atoms with Crippen LogP contribution in [0.4, 0.5) is 0 Å². The van der Waals surface area contributed by atoms with E-state index in [4.69, 9.17) is 9.84 Å². The third-order valence-corrected chi connectivity index (χ3v) is 3.30. The molecule has 1 aromatic carbocycles. The summed E-state index contributed by atoms with van der Waals surface area (Å²) in [7, 11) is 1.64. The molecule has 0 saturated heterocycles. The van der Waals surface area contributed by atoms with Crippen molar-refractivity contribution in [1.82, 2.24) is 4.57 Å². The second-order valence-corrected chi connectivity index (χ2v) is 4.58. The zero-order chi connectivity index (χ0) is 14.2. The maximum Gasteiger partial charge on any atom is 0.337 e. The van der Waals surface area contributed by atoms with Gasteiger partial charge < -0.3 is 14.4 Å². The van der Waals surface area contributed by atoms with E-state index in [1.54, 1.807) is 13.2 Å². The zero-order valence-electron chi connectivity index (χ0n) is 11.5. The Bertz CT molecular complexity index is 641. The lowest BCUT2D eigenvalue weighted by Crippen LogP contribution is -2.03. The van der Waals surface area contributed by atoms with Gasteiger partial charge in [-0.05, 0) is 50.6 Å². The maximum atomic E-state index is 11.2. The van der Waals surface area contributed by atoms with Crippen LogP contribution in [0.15, 0.2) is 24.3 Å². The highest BCUT2D eigenvalue weighted by Crippen LogP contribution is 2.25. The van der Waals surface area contributed by atoms with E-state index in [2.05, 4.69) is 0 Å². The van der Waals surface area contributed by atoms with Gasteiger partial charge in [0.05, 0.1) is 12.7 Å². The fraction of sp³-hybridized carbons (Fsp3) is 0.267. The number of carboxylic acid groups (broad SMARTS) is 1. The van der Waals surface area contributed by atoms with Crippen molar-refractivity contribution in [3.05, 3.63) is 46.8 Å². The molecule has 0 saturated carbocycles. The summed E-state index contributed by atoms with van der Waals surface area (Å²) in [6, 6.07) is 7.50. The van der Waals surface area contributed by atoms with Crippen LogP contribution >= 0.6 is 0 Å². The Morgan fingerprint density at radius 1 is 1.21 bits per heavy atom. The van der Waals surface area contributed by atoms with Crippen molar-refractivity contribution in [2.24, 2.45) is 0 Å². The topological polar surface area (TPSA) is 51.5 Å². The van der Waals surface area contributed by atoms with Gasteiger partial charge in [0.2, 0.25) is 0 Å². The Labute approximate surface area is 112 Å². The second kappa shape index (κ2) is 4.80. The SMILES string of the molecule is COc1ccc(-n2c(C)cc(C(=O)O)c2C)cc1C. The average molecular weight is 259 g/mol. The molecule has 0 unspecified atom stereocenters. The van der Waals surface area contributed by atoms with E-state index < -0.39 is 5.97 Å². The van der Waals surface area contributed by atoms with Crippen molar-refractivity contribution in [3.63, 3.8) is 0 Å². The highest BCUT2D eigenvalue weighted by molar-refractivity contribution is 5.89. The van der Waals surface area contributed by atoms with Crippen molar-refractivity contribution >= 4 is 5.97 Å². The molecule has 4 nitrogen and oxygen atoms in total. The summed E-state index contributed by atoms with van der Waals surface area (Å²) in [5.41, 5.74) is 3.94. The second-order valence-electron chi connectivity index (χ2n) is 4.58. The molecule has 1 aromatic heterocycles. The van der Waals surface area contributed by atoms with Crippen molar-refractivity contribution < 1.29 is 14.6 Å². The van der Waals surface area contributed by atoms with Crippen LogP contribution in [0.2, 0.25) is 0 Å². The summed E-state index contributed by atoms with van der Waals surface area (Å²) < 4.78 is 7.18. The van der Waals surface area contributed by atoms with Crippen LogP contribution in [-0.4, -0.2) is 22.8 Å². The minimum atomic E-state index is -0.899. The number of aryl methyl sites for hydroxylation is 2. The van der Waals surface area contributed by atoms with Gasteiger partial charge in [-0.25, -0.2) is 4.79 Å². The Kier molecular flexibility index (Phi) is 3.34. The molecular formula is C15H17NO3. The van der Waals surface area contributed by atoms with Crippen LogP contribution in [0.3, 0.4) is 0 Å². The van der Waals surface area contributed by atoms with E-state index in [0.717, 1.165) is 28.4 Å². The number of benzene rings is 1. The fourth-order valence-electron chi connectivity index (χ4n) is 2.38. The van der Waals surface area contributed by atoms with E-state index in [-0.39, 0.29) is 0 Å². The number of carbonyl (C=O) groups is 1. The van der Waals surface area contributed by atoms with Crippen molar-refractivity contribution in [2.75, 3.05) is 7.11 Å². The molecule has 1 N–H and O–H groups in total. The Hall–Kier alpha value is -2.23. The fourth-order valence-corrected chi connectivity index (χ4v) is 2.38. The van der Waals surface area contributed by atoms with Crippen LogP contribution in [0.25, 0.3) is 5.69 Å². The predicted molar refractivity (Wildman–Crippen MR) is 73.5 cm³/mol. The molecule has 1 heterocycles. The molecule has 0 aliphatic rings. The highest BCUT2D eigenvalue weighted by atomic mass is 16.5. The van der Waals surface area contributed by atoms with Crippen LogP contribution in [0.1, 0.15) is 27.3 Å². The lowest BCUT2D eigenvalue weighted by molar-refractivity contribution is 0.0696. The third-order valence-electron chi connectivity index (χ3n) is 3.30. The number of methoxy groups -OCH3 is 1. The quantitative estimate of drug-likeness (QED) is 0.921. The first-order valence-corrected chi connectivity index (χ1v) is 6.03.